The van der Waals surface area contributed by atoms with Crippen LogP contribution in [0.3, 0.4) is 0 Å². The van der Waals surface area contributed by atoms with Crippen LogP contribution in [0.2, 0.25) is 0 Å². The van der Waals surface area contributed by atoms with Gasteiger partial charge in [0.15, 0.2) is 0 Å². The summed E-state index contributed by atoms with van der Waals surface area (Å²) in [5, 5.41) is 3.28. The summed E-state index contributed by atoms with van der Waals surface area (Å²) < 4.78 is 46.2. The summed E-state index contributed by atoms with van der Waals surface area (Å²) in [6.45, 7) is 3.16. The van der Waals surface area contributed by atoms with Gasteiger partial charge < -0.3 is 14.8 Å². The Morgan fingerprint density at radius 1 is 1.33 bits per heavy atom. The first-order valence-corrected chi connectivity index (χ1v) is 6.48. The van der Waals surface area contributed by atoms with Gasteiger partial charge in [0.2, 0.25) is 0 Å². The molecule has 1 rings (SSSR count). The molecular weight excluding hydrogens is 247 g/mol. The van der Waals surface area contributed by atoms with E-state index in [1.807, 2.05) is 6.92 Å². The predicted octanol–water partition coefficient (Wildman–Crippen LogP) is 2.36. The lowest BCUT2D eigenvalue weighted by Gasteiger charge is -2.31. The van der Waals surface area contributed by atoms with E-state index in [0.29, 0.717) is 19.1 Å². The molecule has 0 saturated carbocycles. The highest BCUT2D eigenvalue weighted by Gasteiger charge is 2.29. The van der Waals surface area contributed by atoms with E-state index in [0.717, 1.165) is 25.8 Å². The first kappa shape index (κ1) is 15.7. The van der Waals surface area contributed by atoms with Crippen molar-refractivity contribution in [3.8, 4) is 0 Å². The zero-order valence-corrected chi connectivity index (χ0v) is 10.8. The van der Waals surface area contributed by atoms with E-state index in [1.165, 1.54) is 0 Å². The van der Waals surface area contributed by atoms with Crippen LogP contribution in [0.5, 0.6) is 0 Å². The summed E-state index contributed by atoms with van der Waals surface area (Å²) in [5.41, 5.74) is 0. The van der Waals surface area contributed by atoms with E-state index in [2.05, 4.69) is 5.32 Å². The molecule has 1 unspecified atom stereocenters. The Labute approximate surface area is 106 Å². The van der Waals surface area contributed by atoms with Crippen molar-refractivity contribution in [3.63, 3.8) is 0 Å². The third-order valence-electron chi connectivity index (χ3n) is 3.05. The molecule has 0 aromatic rings. The molecule has 3 nitrogen and oxygen atoms in total. The first-order chi connectivity index (χ1) is 8.53. The number of hydrogen-bond acceptors (Lipinski definition) is 3. The molecule has 0 aromatic heterocycles. The smallest absolute Gasteiger partial charge is 0.381 e. The SMILES string of the molecule is CCCNC(COCC(F)(F)F)C1CCOCC1. The van der Waals surface area contributed by atoms with Crippen molar-refractivity contribution in [2.45, 2.75) is 38.4 Å². The Morgan fingerprint density at radius 2 is 2.00 bits per heavy atom. The van der Waals surface area contributed by atoms with Crippen LogP contribution < -0.4 is 5.32 Å². The molecule has 0 radical (unpaired) electrons. The van der Waals surface area contributed by atoms with Crippen molar-refractivity contribution in [2.24, 2.45) is 5.92 Å². The third kappa shape index (κ3) is 6.56. The van der Waals surface area contributed by atoms with Gasteiger partial charge in [0.05, 0.1) is 6.61 Å². The highest BCUT2D eigenvalue weighted by atomic mass is 19.4. The minimum Gasteiger partial charge on any atom is -0.381 e. The van der Waals surface area contributed by atoms with Crippen LogP contribution >= 0.6 is 0 Å². The van der Waals surface area contributed by atoms with Gasteiger partial charge in [-0.15, -0.1) is 0 Å². The third-order valence-corrected chi connectivity index (χ3v) is 3.05. The van der Waals surface area contributed by atoms with E-state index in [4.69, 9.17) is 9.47 Å². The molecule has 108 valence electrons. The lowest BCUT2D eigenvalue weighted by molar-refractivity contribution is -0.176. The van der Waals surface area contributed by atoms with Gasteiger partial charge in [0, 0.05) is 19.3 Å². The highest BCUT2D eigenvalue weighted by Crippen LogP contribution is 2.20. The minimum absolute atomic E-state index is 0.00352. The summed E-state index contributed by atoms with van der Waals surface area (Å²) in [7, 11) is 0. The zero-order chi connectivity index (χ0) is 13.4. The van der Waals surface area contributed by atoms with E-state index in [-0.39, 0.29) is 12.6 Å². The number of alkyl halides is 3. The molecule has 1 heterocycles. The fraction of sp³-hybridized carbons (Fsp3) is 1.00. The molecular formula is C12H22F3NO2. The van der Waals surface area contributed by atoms with Crippen molar-refractivity contribution in [2.75, 3.05) is 33.0 Å². The molecule has 1 N–H and O–H groups in total. The molecule has 0 bridgehead atoms. The van der Waals surface area contributed by atoms with Gasteiger partial charge in [0.1, 0.15) is 6.61 Å². The minimum atomic E-state index is -4.25. The summed E-state index contributed by atoms with van der Waals surface area (Å²) in [4.78, 5) is 0. The van der Waals surface area contributed by atoms with E-state index >= 15 is 0 Å². The lowest BCUT2D eigenvalue weighted by Crippen LogP contribution is -2.43. The van der Waals surface area contributed by atoms with Gasteiger partial charge in [0.25, 0.3) is 0 Å². The van der Waals surface area contributed by atoms with Crippen molar-refractivity contribution >= 4 is 0 Å². The molecule has 0 aliphatic carbocycles. The van der Waals surface area contributed by atoms with Gasteiger partial charge in [-0.1, -0.05) is 6.92 Å². The average Bonchev–Trinajstić information content (AvgIpc) is 2.33. The maximum atomic E-state index is 12.0. The monoisotopic (exact) mass is 269 g/mol. The number of hydrogen-bond donors (Lipinski definition) is 1. The Balaban J connectivity index is 2.34. The van der Waals surface area contributed by atoms with Gasteiger partial charge in [-0.3, -0.25) is 0 Å². The van der Waals surface area contributed by atoms with Gasteiger partial charge >= 0.3 is 6.18 Å². The highest BCUT2D eigenvalue weighted by molar-refractivity contribution is 4.78. The van der Waals surface area contributed by atoms with Gasteiger partial charge in [-0.25, -0.2) is 0 Å². The fourth-order valence-electron chi connectivity index (χ4n) is 2.11. The molecule has 6 heteroatoms. The van der Waals surface area contributed by atoms with Crippen molar-refractivity contribution in [3.05, 3.63) is 0 Å². The molecule has 1 aliphatic rings. The van der Waals surface area contributed by atoms with Crippen LogP contribution in [-0.4, -0.2) is 45.2 Å². The summed E-state index contributed by atoms with van der Waals surface area (Å²) in [6, 6.07) is -0.00352. The zero-order valence-electron chi connectivity index (χ0n) is 10.8. The Bertz CT molecular complexity index is 218. The largest absolute Gasteiger partial charge is 0.411 e. The molecule has 1 saturated heterocycles. The van der Waals surface area contributed by atoms with E-state index in [1.54, 1.807) is 0 Å². The molecule has 0 spiro atoms. The van der Waals surface area contributed by atoms with Crippen LogP contribution in [0.25, 0.3) is 0 Å². The second-order valence-electron chi connectivity index (χ2n) is 4.64. The summed E-state index contributed by atoms with van der Waals surface area (Å²) in [5.74, 6) is 0.346. The molecule has 0 aromatic carbocycles. The number of ether oxygens (including phenoxy) is 2. The maximum Gasteiger partial charge on any atom is 0.411 e. The molecule has 0 amide bonds. The standard InChI is InChI=1S/C12H22F3NO2/c1-2-5-16-11(8-18-9-12(13,14)15)10-3-6-17-7-4-10/h10-11,16H,2-9H2,1H3. The molecule has 1 aliphatic heterocycles. The fourth-order valence-corrected chi connectivity index (χ4v) is 2.11. The number of halogens is 3. The second-order valence-corrected chi connectivity index (χ2v) is 4.64. The normalized spacial score (nSPS) is 20.0. The quantitative estimate of drug-likeness (QED) is 0.769. The molecule has 1 atom stereocenters. The van der Waals surface area contributed by atoms with E-state index in [9.17, 15) is 13.2 Å². The molecule has 1 fully saturated rings. The Kier molecular flexibility index (Phi) is 6.96. The first-order valence-electron chi connectivity index (χ1n) is 6.48. The predicted molar refractivity (Wildman–Crippen MR) is 62.5 cm³/mol. The summed E-state index contributed by atoms with van der Waals surface area (Å²) in [6.07, 6.45) is -1.52. The Morgan fingerprint density at radius 3 is 2.56 bits per heavy atom. The van der Waals surface area contributed by atoms with Crippen LogP contribution in [0.15, 0.2) is 0 Å². The summed E-state index contributed by atoms with van der Waals surface area (Å²) >= 11 is 0. The lowest BCUT2D eigenvalue weighted by atomic mass is 9.92. The molecule has 18 heavy (non-hydrogen) atoms. The van der Waals surface area contributed by atoms with Crippen LogP contribution in [0, 0.1) is 5.92 Å². The van der Waals surface area contributed by atoms with E-state index < -0.39 is 12.8 Å². The van der Waals surface area contributed by atoms with Crippen molar-refractivity contribution < 1.29 is 22.6 Å². The van der Waals surface area contributed by atoms with Crippen LogP contribution in [0.4, 0.5) is 13.2 Å². The number of nitrogens with one attached hydrogen (secondary N) is 1. The second kappa shape index (κ2) is 7.96. The average molecular weight is 269 g/mol. The topological polar surface area (TPSA) is 30.5 Å². The van der Waals surface area contributed by atoms with Crippen molar-refractivity contribution in [1.29, 1.82) is 0 Å². The maximum absolute atomic E-state index is 12.0. The van der Waals surface area contributed by atoms with Crippen LogP contribution in [0.1, 0.15) is 26.2 Å². The van der Waals surface area contributed by atoms with Crippen molar-refractivity contribution in [1.82, 2.24) is 5.32 Å². The number of rotatable bonds is 7. The Hall–Kier alpha value is -0.330. The van der Waals surface area contributed by atoms with Gasteiger partial charge in [-0.2, -0.15) is 13.2 Å². The van der Waals surface area contributed by atoms with Crippen LogP contribution in [-0.2, 0) is 9.47 Å². The van der Waals surface area contributed by atoms with Gasteiger partial charge in [-0.05, 0) is 31.7 Å².